The highest BCUT2D eigenvalue weighted by atomic mass is 19.1. The molecule has 5 aromatic rings. The van der Waals surface area contributed by atoms with E-state index in [1.807, 2.05) is 43.3 Å². The highest BCUT2D eigenvalue weighted by Gasteiger charge is 2.18. The number of nitrogens with one attached hydrogen (secondary N) is 1. The molecule has 0 spiro atoms. The Morgan fingerprint density at radius 1 is 0.970 bits per heavy atom. The van der Waals surface area contributed by atoms with Crippen LogP contribution in [0.2, 0.25) is 0 Å². The quantitative estimate of drug-likeness (QED) is 0.443. The molecule has 3 heterocycles. The molecule has 8 heteroatoms. The molecule has 162 valence electrons. The molecule has 0 aliphatic rings. The van der Waals surface area contributed by atoms with Crippen LogP contribution in [0.3, 0.4) is 0 Å². The molecule has 3 aromatic heterocycles. The number of carbonyl (C=O) groups excluding carboxylic acids is 1. The molecule has 0 atom stereocenters. The second-order valence-electron chi connectivity index (χ2n) is 7.54. The van der Waals surface area contributed by atoms with Gasteiger partial charge in [0, 0.05) is 30.2 Å². The molecular weight excluding hydrogens is 419 g/mol. The van der Waals surface area contributed by atoms with Gasteiger partial charge in [0.05, 0.1) is 16.7 Å². The average molecular weight is 438 g/mol. The Kier molecular flexibility index (Phi) is 5.32. The molecule has 1 N–H and O–H groups in total. The minimum Gasteiger partial charge on any atom is -0.347 e. The van der Waals surface area contributed by atoms with Crippen LogP contribution >= 0.6 is 0 Å². The maximum absolute atomic E-state index is 13.4. The van der Waals surface area contributed by atoms with Crippen LogP contribution in [0.15, 0.2) is 79.1 Å². The van der Waals surface area contributed by atoms with Crippen molar-refractivity contribution < 1.29 is 9.18 Å². The van der Waals surface area contributed by atoms with E-state index in [0.717, 1.165) is 22.3 Å². The predicted molar refractivity (Wildman–Crippen MR) is 122 cm³/mol. The molecule has 0 aliphatic carbocycles. The third-order valence-electron chi connectivity index (χ3n) is 5.14. The number of aryl methyl sites for hydroxylation is 1. The van der Waals surface area contributed by atoms with Crippen LogP contribution < -0.4 is 5.32 Å². The number of nitrogens with zero attached hydrogens (tertiary/aromatic N) is 5. The molecule has 0 fully saturated rings. The predicted octanol–water partition coefficient (Wildman–Crippen LogP) is 4.26. The van der Waals surface area contributed by atoms with E-state index in [1.165, 1.54) is 12.1 Å². The summed E-state index contributed by atoms with van der Waals surface area (Å²) in [5.74, 6) is -0.126. The molecule has 0 unspecified atom stereocenters. The van der Waals surface area contributed by atoms with E-state index >= 15 is 0 Å². The number of aromatic nitrogens is 5. The van der Waals surface area contributed by atoms with E-state index in [2.05, 4.69) is 25.4 Å². The van der Waals surface area contributed by atoms with Gasteiger partial charge in [0.2, 0.25) is 0 Å². The summed E-state index contributed by atoms with van der Waals surface area (Å²) in [7, 11) is 0. The Bertz CT molecular complexity index is 1480. The molecule has 1 amide bonds. The molecule has 0 bridgehead atoms. The lowest BCUT2D eigenvalue weighted by Gasteiger charge is -2.08. The van der Waals surface area contributed by atoms with E-state index in [-0.39, 0.29) is 24.0 Å². The van der Waals surface area contributed by atoms with E-state index in [4.69, 9.17) is 0 Å². The first kappa shape index (κ1) is 20.4. The Morgan fingerprint density at radius 2 is 1.79 bits per heavy atom. The smallest absolute Gasteiger partial charge is 0.272 e. The van der Waals surface area contributed by atoms with Gasteiger partial charge in [-0.2, -0.15) is 5.10 Å². The Balaban J connectivity index is 1.53. The summed E-state index contributed by atoms with van der Waals surface area (Å²) in [6.45, 7) is 2.08. The van der Waals surface area contributed by atoms with Crippen molar-refractivity contribution in [1.82, 2.24) is 30.0 Å². The first-order valence-corrected chi connectivity index (χ1v) is 10.3. The van der Waals surface area contributed by atoms with Gasteiger partial charge in [-0.3, -0.25) is 14.8 Å². The molecule has 0 saturated heterocycles. The zero-order valence-corrected chi connectivity index (χ0v) is 17.7. The van der Waals surface area contributed by atoms with Gasteiger partial charge in [-0.15, -0.1) is 0 Å². The van der Waals surface area contributed by atoms with Gasteiger partial charge < -0.3 is 5.32 Å². The van der Waals surface area contributed by atoms with Crippen LogP contribution in [0.4, 0.5) is 4.39 Å². The fourth-order valence-corrected chi connectivity index (χ4v) is 3.56. The van der Waals surface area contributed by atoms with Crippen molar-refractivity contribution in [3.63, 3.8) is 0 Å². The van der Waals surface area contributed by atoms with E-state index in [9.17, 15) is 9.18 Å². The average Bonchev–Trinajstić information content (AvgIpc) is 3.28. The number of amides is 1. The molecule has 33 heavy (non-hydrogen) atoms. The second kappa shape index (κ2) is 8.58. The number of rotatable bonds is 5. The zero-order valence-electron chi connectivity index (χ0n) is 17.7. The number of halogens is 1. The molecule has 0 saturated carbocycles. The Morgan fingerprint density at radius 3 is 2.61 bits per heavy atom. The van der Waals surface area contributed by atoms with Gasteiger partial charge in [-0.05, 0) is 55.0 Å². The topological polar surface area (TPSA) is 85.6 Å². The normalized spacial score (nSPS) is 11.0. The number of hydrogen-bond acceptors (Lipinski definition) is 5. The van der Waals surface area contributed by atoms with Crippen molar-refractivity contribution in [3.8, 4) is 17.1 Å². The summed E-state index contributed by atoms with van der Waals surface area (Å²) in [5, 5.41) is 7.34. The molecule has 0 radical (unpaired) electrons. The minimum atomic E-state index is -0.368. The fourth-order valence-electron chi connectivity index (χ4n) is 3.56. The van der Waals surface area contributed by atoms with Gasteiger partial charge >= 0.3 is 0 Å². The first-order valence-electron chi connectivity index (χ1n) is 10.3. The van der Waals surface area contributed by atoms with E-state index in [1.54, 1.807) is 35.3 Å². The zero-order chi connectivity index (χ0) is 22.8. The second-order valence-corrected chi connectivity index (χ2v) is 7.54. The lowest BCUT2D eigenvalue weighted by atomic mass is 10.1. The van der Waals surface area contributed by atoms with Gasteiger partial charge in [0.15, 0.2) is 11.5 Å². The third-order valence-corrected chi connectivity index (χ3v) is 5.14. The number of hydrogen-bond donors (Lipinski definition) is 1. The van der Waals surface area contributed by atoms with E-state index in [0.29, 0.717) is 17.1 Å². The summed E-state index contributed by atoms with van der Waals surface area (Å²) < 4.78 is 15.1. The monoisotopic (exact) mass is 438 g/mol. The number of pyridine rings is 1. The lowest BCUT2D eigenvalue weighted by molar-refractivity contribution is 0.0945. The summed E-state index contributed by atoms with van der Waals surface area (Å²) in [5.41, 5.74) is 4.74. The molecule has 7 nitrogen and oxygen atoms in total. The van der Waals surface area contributed by atoms with Crippen LogP contribution in [-0.2, 0) is 6.54 Å². The highest BCUT2D eigenvalue weighted by molar-refractivity contribution is 5.94. The van der Waals surface area contributed by atoms with Crippen LogP contribution in [0, 0.1) is 12.7 Å². The Labute approximate surface area is 189 Å². The maximum atomic E-state index is 13.4. The van der Waals surface area contributed by atoms with Crippen molar-refractivity contribution in [2.45, 2.75) is 13.5 Å². The van der Waals surface area contributed by atoms with Gasteiger partial charge in [-0.1, -0.05) is 24.3 Å². The van der Waals surface area contributed by atoms with Crippen molar-refractivity contribution in [3.05, 3.63) is 102 Å². The SMILES string of the molecule is Cc1cccc(-n2nc(C(=O)NCc3cccc(F)c3)cc2-c2ccc3nccnc3c2)n1. The summed E-state index contributed by atoms with van der Waals surface area (Å²) in [6.07, 6.45) is 3.28. The van der Waals surface area contributed by atoms with Crippen molar-refractivity contribution >= 4 is 16.9 Å². The third kappa shape index (κ3) is 4.31. The van der Waals surface area contributed by atoms with Gasteiger partial charge in [0.1, 0.15) is 5.82 Å². The molecule has 2 aromatic carbocycles. The van der Waals surface area contributed by atoms with Gasteiger partial charge in [0.25, 0.3) is 5.91 Å². The standard InChI is InChI=1S/C25H19FN6O/c1-16-4-2-7-24(30-16)32-23(18-8-9-20-21(13-18)28-11-10-27-20)14-22(31-32)25(33)29-15-17-5-3-6-19(26)12-17/h2-14H,15H2,1H3,(H,29,33). The summed E-state index contributed by atoms with van der Waals surface area (Å²) >= 11 is 0. The van der Waals surface area contributed by atoms with E-state index < -0.39 is 0 Å². The van der Waals surface area contributed by atoms with Crippen molar-refractivity contribution in [1.29, 1.82) is 0 Å². The maximum Gasteiger partial charge on any atom is 0.272 e. The fraction of sp³-hybridized carbons (Fsp3) is 0.0800. The van der Waals surface area contributed by atoms with Crippen LogP contribution in [-0.4, -0.2) is 30.6 Å². The molecule has 5 rings (SSSR count). The van der Waals surface area contributed by atoms with Crippen LogP contribution in [0.25, 0.3) is 28.1 Å². The summed E-state index contributed by atoms with van der Waals surface area (Å²) in [6, 6.07) is 19.1. The molecular formula is C25H19FN6O. The number of carbonyl (C=O) groups is 1. The number of fused-ring (bicyclic) bond motifs is 1. The number of benzene rings is 2. The largest absolute Gasteiger partial charge is 0.347 e. The van der Waals surface area contributed by atoms with Crippen LogP contribution in [0.1, 0.15) is 21.7 Å². The van der Waals surface area contributed by atoms with Crippen LogP contribution in [0.5, 0.6) is 0 Å². The Hall–Kier alpha value is -4.46. The lowest BCUT2D eigenvalue weighted by Crippen LogP contribution is -2.23. The van der Waals surface area contributed by atoms with Crippen molar-refractivity contribution in [2.75, 3.05) is 0 Å². The highest BCUT2D eigenvalue weighted by Crippen LogP contribution is 2.26. The summed E-state index contributed by atoms with van der Waals surface area (Å²) in [4.78, 5) is 26.1. The molecule has 0 aliphatic heterocycles. The minimum absolute atomic E-state index is 0.188. The van der Waals surface area contributed by atoms with Gasteiger partial charge in [-0.25, -0.2) is 14.1 Å². The first-order chi connectivity index (χ1) is 16.1. The van der Waals surface area contributed by atoms with Crippen molar-refractivity contribution in [2.24, 2.45) is 0 Å².